The summed E-state index contributed by atoms with van der Waals surface area (Å²) in [5.41, 5.74) is 0. The molecule has 0 fully saturated rings. The summed E-state index contributed by atoms with van der Waals surface area (Å²) in [5.74, 6) is -0.0568. The Kier molecular flexibility index (Phi) is 2.15. The van der Waals surface area contributed by atoms with Gasteiger partial charge in [0.05, 0.1) is 20.5 Å². The number of hydrogen-bond donors (Lipinski definition) is 0. The minimum Gasteiger partial charge on any atom is -0.492 e. The molecule has 0 aliphatic heterocycles. The molecule has 0 aliphatic carbocycles. The Labute approximate surface area is 63.7 Å². The van der Waals surface area contributed by atoms with Gasteiger partial charge in [-0.25, -0.2) is 4.79 Å². The monoisotopic (exact) mass is 156 g/mol. The minimum atomic E-state index is -0.535. The molecule has 1 aromatic heterocycles. The number of furan rings is 1. The molecule has 0 N–H and O–H groups in total. The molecule has 11 heavy (non-hydrogen) atoms. The zero-order chi connectivity index (χ0) is 8.27. The summed E-state index contributed by atoms with van der Waals surface area (Å²) in [7, 11) is 2.74. The molecule has 0 atom stereocenters. The van der Waals surface area contributed by atoms with Crippen LogP contribution in [-0.2, 0) is 4.74 Å². The number of esters is 1. The molecule has 0 radical (unpaired) electrons. The second-order valence-electron chi connectivity index (χ2n) is 1.81. The normalized spacial score (nSPS) is 9.27. The number of hydrogen-bond acceptors (Lipinski definition) is 4. The third-order valence-corrected chi connectivity index (χ3v) is 1.22. The molecule has 1 aromatic rings. The van der Waals surface area contributed by atoms with E-state index in [0.29, 0.717) is 5.75 Å². The zero-order valence-electron chi connectivity index (χ0n) is 6.29. The van der Waals surface area contributed by atoms with Gasteiger partial charge in [-0.3, -0.25) is 0 Å². The maximum absolute atomic E-state index is 10.9. The topological polar surface area (TPSA) is 48.7 Å². The Morgan fingerprint density at radius 3 is 2.82 bits per heavy atom. The van der Waals surface area contributed by atoms with Gasteiger partial charge in [0.1, 0.15) is 0 Å². The van der Waals surface area contributed by atoms with Gasteiger partial charge >= 0.3 is 5.97 Å². The predicted molar refractivity (Wildman–Crippen MR) is 36.6 cm³/mol. The zero-order valence-corrected chi connectivity index (χ0v) is 6.29. The first-order chi connectivity index (χ1) is 5.29. The molecule has 1 rings (SSSR count). The fourth-order valence-electron chi connectivity index (χ4n) is 0.700. The van der Waals surface area contributed by atoms with Gasteiger partial charge < -0.3 is 13.9 Å². The van der Waals surface area contributed by atoms with E-state index in [4.69, 9.17) is 9.15 Å². The molecule has 0 aromatic carbocycles. The second kappa shape index (κ2) is 3.09. The second-order valence-corrected chi connectivity index (χ2v) is 1.81. The summed E-state index contributed by atoms with van der Waals surface area (Å²) in [5, 5.41) is 0. The van der Waals surface area contributed by atoms with Crippen LogP contribution in [0.2, 0.25) is 0 Å². The molecule has 4 nitrogen and oxygen atoms in total. The smallest absolute Gasteiger partial charge is 0.377 e. The molecule has 0 aliphatic rings. The summed E-state index contributed by atoms with van der Waals surface area (Å²) in [6.45, 7) is 0. The van der Waals surface area contributed by atoms with E-state index in [9.17, 15) is 4.79 Å². The lowest BCUT2D eigenvalue weighted by Crippen LogP contribution is -2.00. The Bertz CT molecular complexity index is 251. The van der Waals surface area contributed by atoms with Crippen LogP contribution < -0.4 is 4.74 Å². The van der Waals surface area contributed by atoms with Crippen molar-refractivity contribution in [3.05, 3.63) is 18.1 Å². The van der Waals surface area contributed by atoms with E-state index in [1.54, 1.807) is 6.07 Å². The Morgan fingerprint density at radius 2 is 2.27 bits per heavy atom. The van der Waals surface area contributed by atoms with Crippen LogP contribution >= 0.6 is 0 Å². The Morgan fingerprint density at radius 1 is 1.55 bits per heavy atom. The van der Waals surface area contributed by atoms with Crippen molar-refractivity contribution in [3.8, 4) is 5.75 Å². The van der Waals surface area contributed by atoms with Crippen LogP contribution in [-0.4, -0.2) is 20.2 Å². The molecule has 0 saturated heterocycles. The fourth-order valence-corrected chi connectivity index (χ4v) is 0.700. The van der Waals surface area contributed by atoms with Crippen molar-refractivity contribution in [1.29, 1.82) is 0 Å². The van der Waals surface area contributed by atoms with Gasteiger partial charge in [0, 0.05) is 6.07 Å². The van der Waals surface area contributed by atoms with Crippen molar-refractivity contribution in [2.24, 2.45) is 0 Å². The van der Waals surface area contributed by atoms with Crippen LogP contribution in [0.4, 0.5) is 0 Å². The molecule has 0 bridgehead atoms. The van der Waals surface area contributed by atoms with E-state index in [0.717, 1.165) is 0 Å². The van der Waals surface area contributed by atoms with Gasteiger partial charge in [0.25, 0.3) is 5.76 Å². The van der Waals surface area contributed by atoms with Gasteiger partial charge in [-0.15, -0.1) is 0 Å². The van der Waals surface area contributed by atoms with Gasteiger partial charge in [0.15, 0.2) is 5.75 Å². The van der Waals surface area contributed by atoms with Gasteiger partial charge in [-0.05, 0) is 0 Å². The summed E-state index contributed by atoms with van der Waals surface area (Å²) in [4.78, 5) is 10.9. The predicted octanol–water partition coefficient (Wildman–Crippen LogP) is 1.07. The molecule has 60 valence electrons. The maximum Gasteiger partial charge on any atom is 0.377 e. The van der Waals surface area contributed by atoms with Crippen LogP contribution in [0.5, 0.6) is 5.75 Å². The van der Waals surface area contributed by atoms with E-state index in [1.807, 2.05) is 0 Å². The van der Waals surface area contributed by atoms with Crippen molar-refractivity contribution < 1.29 is 18.7 Å². The Hall–Kier alpha value is -1.45. The fraction of sp³-hybridized carbons (Fsp3) is 0.286. The van der Waals surface area contributed by atoms with Crippen molar-refractivity contribution in [3.63, 3.8) is 0 Å². The van der Waals surface area contributed by atoms with Crippen LogP contribution in [0.3, 0.4) is 0 Å². The average molecular weight is 156 g/mol. The molecule has 0 amide bonds. The number of carbonyl (C=O) groups is 1. The van der Waals surface area contributed by atoms with E-state index < -0.39 is 5.97 Å². The third kappa shape index (κ3) is 1.34. The van der Waals surface area contributed by atoms with Crippen LogP contribution in [0, 0.1) is 0 Å². The van der Waals surface area contributed by atoms with E-state index in [2.05, 4.69) is 4.74 Å². The first-order valence-corrected chi connectivity index (χ1v) is 2.99. The quantitative estimate of drug-likeness (QED) is 0.601. The van der Waals surface area contributed by atoms with Crippen molar-refractivity contribution in [2.45, 2.75) is 0 Å². The lowest BCUT2D eigenvalue weighted by atomic mass is 10.4. The lowest BCUT2D eigenvalue weighted by Gasteiger charge is -1.97. The van der Waals surface area contributed by atoms with E-state index in [1.165, 1.54) is 20.5 Å². The molecule has 0 saturated carbocycles. The number of rotatable bonds is 2. The van der Waals surface area contributed by atoms with Crippen LogP contribution in [0.15, 0.2) is 16.7 Å². The Balaban J connectivity index is 2.92. The highest BCUT2D eigenvalue weighted by Crippen LogP contribution is 2.19. The SMILES string of the molecule is COC(=O)c1occc1OC. The molecule has 4 heteroatoms. The van der Waals surface area contributed by atoms with Crippen molar-refractivity contribution in [1.82, 2.24) is 0 Å². The summed E-state index contributed by atoms with van der Waals surface area (Å²) in [6, 6.07) is 1.55. The van der Waals surface area contributed by atoms with Gasteiger partial charge in [-0.1, -0.05) is 0 Å². The van der Waals surface area contributed by atoms with Crippen molar-refractivity contribution >= 4 is 5.97 Å². The minimum absolute atomic E-state index is 0.0926. The number of ether oxygens (including phenoxy) is 2. The first kappa shape index (κ1) is 7.65. The van der Waals surface area contributed by atoms with E-state index in [-0.39, 0.29) is 5.76 Å². The lowest BCUT2D eigenvalue weighted by molar-refractivity contribution is 0.0560. The molecular weight excluding hydrogens is 148 g/mol. The summed E-state index contributed by atoms with van der Waals surface area (Å²) in [6.07, 6.45) is 1.37. The summed E-state index contributed by atoms with van der Waals surface area (Å²) >= 11 is 0. The maximum atomic E-state index is 10.9. The highest BCUT2D eigenvalue weighted by Gasteiger charge is 2.15. The largest absolute Gasteiger partial charge is 0.492 e. The molecular formula is C7H8O4. The van der Waals surface area contributed by atoms with Crippen molar-refractivity contribution in [2.75, 3.05) is 14.2 Å². The molecule has 0 spiro atoms. The van der Waals surface area contributed by atoms with Gasteiger partial charge in [0.2, 0.25) is 0 Å². The van der Waals surface area contributed by atoms with E-state index >= 15 is 0 Å². The number of methoxy groups -OCH3 is 2. The van der Waals surface area contributed by atoms with Crippen LogP contribution in [0.1, 0.15) is 10.6 Å². The molecule has 1 heterocycles. The number of carbonyl (C=O) groups excluding carboxylic acids is 1. The van der Waals surface area contributed by atoms with Gasteiger partial charge in [-0.2, -0.15) is 0 Å². The molecule has 0 unspecified atom stereocenters. The first-order valence-electron chi connectivity index (χ1n) is 2.99. The highest BCUT2D eigenvalue weighted by molar-refractivity contribution is 5.89. The standard InChI is InChI=1S/C7H8O4/c1-9-5-3-4-11-6(5)7(8)10-2/h3-4H,1-2H3. The third-order valence-electron chi connectivity index (χ3n) is 1.22. The average Bonchev–Trinajstić information content (AvgIpc) is 2.50. The summed E-state index contributed by atoms with van der Waals surface area (Å²) < 4.78 is 14.0. The highest BCUT2D eigenvalue weighted by atomic mass is 16.5. The van der Waals surface area contributed by atoms with Crippen LogP contribution in [0.25, 0.3) is 0 Å².